The Morgan fingerprint density at radius 1 is 1.13 bits per heavy atom. The number of rotatable bonds is 6. The van der Waals surface area contributed by atoms with E-state index in [0.717, 1.165) is 38.3 Å². The second kappa shape index (κ2) is 6.67. The van der Waals surface area contributed by atoms with Gasteiger partial charge in [-0.1, -0.05) is 36.4 Å². The number of ether oxygens (including phenoxy) is 1. The molecule has 4 heteroatoms. The fourth-order valence-corrected chi connectivity index (χ4v) is 3.09. The van der Waals surface area contributed by atoms with E-state index in [1.54, 1.807) is 12.1 Å². The number of alkyl halides is 2. The van der Waals surface area contributed by atoms with Crippen molar-refractivity contribution in [2.45, 2.75) is 38.3 Å². The lowest BCUT2D eigenvalue weighted by Gasteiger charge is -2.15. The van der Waals surface area contributed by atoms with E-state index in [0.29, 0.717) is 6.04 Å². The van der Waals surface area contributed by atoms with Crippen LogP contribution in [0.4, 0.5) is 8.78 Å². The van der Waals surface area contributed by atoms with Gasteiger partial charge in [-0.15, -0.1) is 0 Å². The van der Waals surface area contributed by atoms with E-state index in [9.17, 15) is 8.78 Å². The van der Waals surface area contributed by atoms with Crippen molar-refractivity contribution < 1.29 is 13.5 Å². The van der Waals surface area contributed by atoms with Crippen LogP contribution in [0.1, 0.15) is 36.1 Å². The van der Waals surface area contributed by atoms with E-state index in [1.807, 2.05) is 12.1 Å². The minimum Gasteiger partial charge on any atom is -0.433 e. The molecule has 1 atom stereocenters. The third-order valence-electron chi connectivity index (χ3n) is 4.16. The van der Waals surface area contributed by atoms with Crippen LogP contribution in [0.5, 0.6) is 5.75 Å². The number of hydrogen-bond acceptors (Lipinski definition) is 2. The summed E-state index contributed by atoms with van der Waals surface area (Å²) in [6.07, 6.45) is -0.0107. The molecule has 0 saturated carbocycles. The SMILES string of the molecule is CC(F)(F)Oc1ccc(CCNC2CCc3ccccc32)cc1. The van der Waals surface area contributed by atoms with Gasteiger partial charge >= 0.3 is 6.11 Å². The topological polar surface area (TPSA) is 21.3 Å². The van der Waals surface area contributed by atoms with Gasteiger partial charge in [0.15, 0.2) is 0 Å². The van der Waals surface area contributed by atoms with Crippen molar-refractivity contribution >= 4 is 0 Å². The molecule has 0 bridgehead atoms. The number of benzene rings is 2. The van der Waals surface area contributed by atoms with Gasteiger partial charge in [-0.05, 0) is 54.6 Å². The Hall–Kier alpha value is -1.94. The number of halogens is 2. The molecule has 3 rings (SSSR count). The highest BCUT2D eigenvalue weighted by Gasteiger charge is 2.23. The number of fused-ring (bicyclic) bond motifs is 1. The van der Waals surface area contributed by atoms with E-state index in [4.69, 9.17) is 0 Å². The van der Waals surface area contributed by atoms with Gasteiger partial charge < -0.3 is 10.1 Å². The molecule has 23 heavy (non-hydrogen) atoms. The summed E-state index contributed by atoms with van der Waals surface area (Å²) in [7, 11) is 0. The Kier molecular flexibility index (Phi) is 4.62. The standard InChI is InChI=1S/C19H21F2NO/c1-19(20,21)23-16-9-6-14(7-10-16)12-13-22-18-11-8-15-4-2-3-5-17(15)18/h2-7,9-10,18,22H,8,11-13H2,1H3. The summed E-state index contributed by atoms with van der Waals surface area (Å²) in [4.78, 5) is 0. The molecule has 2 nitrogen and oxygen atoms in total. The van der Waals surface area contributed by atoms with Crippen molar-refractivity contribution in [1.82, 2.24) is 5.32 Å². The Labute approximate surface area is 135 Å². The molecule has 2 aromatic carbocycles. The summed E-state index contributed by atoms with van der Waals surface area (Å²) in [5.41, 5.74) is 3.95. The first-order chi connectivity index (χ1) is 11.0. The van der Waals surface area contributed by atoms with E-state index in [1.165, 1.54) is 11.1 Å². The fraction of sp³-hybridized carbons (Fsp3) is 0.368. The summed E-state index contributed by atoms with van der Waals surface area (Å²) in [5.74, 6) is 0.193. The van der Waals surface area contributed by atoms with Gasteiger partial charge in [-0.3, -0.25) is 0 Å². The van der Waals surface area contributed by atoms with Crippen LogP contribution >= 0.6 is 0 Å². The Balaban J connectivity index is 1.50. The van der Waals surface area contributed by atoms with Gasteiger partial charge in [-0.2, -0.15) is 8.78 Å². The third kappa shape index (κ3) is 4.29. The van der Waals surface area contributed by atoms with Crippen LogP contribution in [0.15, 0.2) is 48.5 Å². The Morgan fingerprint density at radius 2 is 1.87 bits per heavy atom. The van der Waals surface area contributed by atoms with Gasteiger partial charge in [0, 0.05) is 13.0 Å². The zero-order chi connectivity index (χ0) is 16.3. The molecule has 0 radical (unpaired) electrons. The van der Waals surface area contributed by atoms with Crippen LogP contribution in [0.25, 0.3) is 0 Å². The maximum Gasteiger partial charge on any atom is 0.394 e. The van der Waals surface area contributed by atoms with Gasteiger partial charge in [0.2, 0.25) is 0 Å². The molecule has 122 valence electrons. The summed E-state index contributed by atoms with van der Waals surface area (Å²) in [6, 6.07) is 15.8. The Morgan fingerprint density at radius 3 is 2.61 bits per heavy atom. The first-order valence-electron chi connectivity index (χ1n) is 7.98. The predicted octanol–water partition coefficient (Wildman–Crippen LogP) is 4.50. The van der Waals surface area contributed by atoms with E-state index >= 15 is 0 Å². The number of nitrogens with one attached hydrogen (secondary N) is 1. The van der Waals surface area contributed by atoms with E-state index in [2.05, 4.69) is 34.3 Å². The first kappa shape index (κ1) is 15.9. The van der Waals surface area contributed by atoms with Gasteiger partial charge in [0.05, 0.1) is 0 Å². The molecule has 0 amide bonds. The first-order valence-corrected chi connectivity index (χ1v) is 7.98. The summed E-state index contributed by atoms with van der Waals surface area (Å²) < 4.78 is 30.1. The lowest BCUT2D eigenvalue weighted by atomic mass is 10.1. The van der Waals surface area contributed by atoms with Crippen LogP contribution in [0.2, 0.25) is 0 Å². The largest absolute Gasteiger partial charge is 0.433 e. The van der Waals surface area contributed by atoms with Crippen LogP contribution < -0.4 is 10.1 Å². The quantitative estimate of drug-likeness (QED) is 0.847. The monoisotopic (exact) mass is 317 g/mol. The molecule has 1 unspecified atom stereocenters. The molecule has 1 N–H and O–H groups in total. The van der Waals surface area contributed by atoms with Gasteiger partial charge in [-0.25, -0.2) is 0 Å². The molecule has 1 aliphatic carbocycles. The second-order valence-corrected chi connectivity index (χ2v) is 6.05. The molecule has 0 saturated heterocycles. The van der Waals surface area contributed by atoms with E-state index < -0.39 is 6.11 Å². The smallest absolute Gasteiger partial charge is 0.394 e. The summed E-state index contributed by atoms with van der Waals surface area (Å²) in [5, 5.41) is 3.59. The minimum atomic E-state index is -3.14. The van der Waals surface area contributed by atoms with Gasteiger partial charge in [0.1, 0.15) is 5.75 Å². The third-order valence-corrected chi connectivity index (χ3v) is 4.16. The van der Waals surface area contributed by atoms with E-state index in [-0.39, 0.29) is 5.75 Å². The molecule has 0 fully saturated rings. The summed E-state index contributed by atoms with van der Waals surface area (Å²) in [6.45, 7) is 1.60. The highest BCUT2D eigenvalue weighted by molar-refractivity contribution is 5.34. The fourth-order valence-electron chi connectivity index (χ4n) is 3.09. The van der Waals surface area contributed by atoms with Crippen molar-refractivity contribution in [3.05, 3.63) is 65.2 Å². The van der Waals surface area contributed by atoms with Crippen LogP contribution in [0.3, 0.4) is 0 Å². The molecule has 0 spiro atoms. The average molecular weight is 317 g/mol. The highest BCUT2D eigenvalue weighted by Crippen LogP contribution is 2.30. The van der Waals surface area contributed by atoms with Crippen molar-refractivity contribution in [2.75, 3.05) is 6.54 Å². The zero-order valence-corrected chi connectivity index (χ0v) is 13.2. The second-order valence-electron chi connectivity index (χ2n) is 6.05. The van der Waals surface area contributed by atoms with Crippen molar-refractivity contribution in [1.29, 1.82) is 0 Å². The molecular weight excluding hydrogens is 296 g/mol. The molecule has 0 aromatic heterocycles. The molecule has 2 aromatic rings. The minimum absolute atomic E-state index is 0.193. The van der Waals surface area contributed by atoms with Crippen molar-refractivity contribution in [2.24, 2.45) is 0 Å². The number of hydrogen-bond donors (Lipinski definition) is 1. The maximum absolute atomic E-state index is 12.8. The molecule has 1 aliphatic rings. The lowest BCUT2D eigenvalue weighted by molar-refractivity contribution is -0.158. The highest BCUT2D eigenvalue weighted by atomic mass is 19.3. The van der Waals surface area contributed by atoms with Crippen LogP contribution in [-0.4, -0.2) is 12.7 Å². The van der Waals surface area contributed by atoms with Crippen LogP contribution in [0, 0.1) is 0 Å². The summed E-state index contributed by atoms with van der Waals surface area (Å²) >= 11 is 0. The maximum atomic E-state index is 12.8. The predicted molar refractivity (Wildman–Crippen MR) is 86.9 cm³/mol. The molecule has 0 aliphatic heterocycles. The average Bonchev–Trinajstić information content (AvgIpc) is 2.91. The van der Waals surface area contributed by atoms with Crippen molar-refractivity contribution in [3.63, 3.8) is 0 Å². The normalized spacial score (nSPS) is 17.1. The molecule has 0 heterocycles. The lowest BCUT2D eigenvalue weighted by Crippen LogP contribution is -2.22. The van der Waals surface area contributed by atoms with Crippen molar-refractivity contribution in [3.8, 4) is 5.75 Å². The van der Waals surface area contributed by atoms with Crippen LogP contribution in [-0.2, 0) is 12.8 Å². The number of aryl methyl sites for hydroxylation is 1. The van der Waals surface area contributed by atoms with Gasteiger partial charge in [0.25, 0.3) is 0 Å². The Bertz CT molecular complexity index is 649. The zero-order valence-electron chi connectivity index (χ0n) is 13.2. The molecular formula is C19H21F2NO.